The van der Waals surface area contributed by atoms with Crippen LogP contribution in [-0.4, -0.2) is 29.6 Å². The van der Waals surface area contributed by atoms with Crippen molar-refractivity contribution in [1.82, 2.24) is 4.90 Å². The molecular weight excluding hydrogens is 221 g/mol. The number of carbonyl (C=O) groups excluding carboxylic acids is 1. The molecule has 1 amide bonds. The van der Waals surface area contributed by atoms with Crippen molar-refractivity contribution in [1.29, 1.82) is 0 Å². The lowest BCUT2D eigenvalue weighted by atomic mass is 10.1. The molecule has 17 heavy (non-hydrogen) atoms. The Morgan fingerprint density at radius 1 is 1.53 bits per heavy atom. The fourth-order valence-corrected chi connectivity index (χ4v) is 1.98. The van der Waals surface area contributed by atoms with E-state index in [1.165, 1.54) is 12.1 Å². The highest BCUT2D eigenvalue weighted by atomic mass is 19.1. The quantitative estimate of drug-likeness (QED) is 0.863. The summed E-state index contributed by atoms with van der Waals surface area (Å²) in [5.41, 5.74) is 0.205. The molecule has 0 spiro atoms. The number of hydrogen-bond acceptors (Lipinski definition) is 2. The molecule has 1 aliphatic rings. The third kappa shape index (κ3) is 2.47. The smallest absolute Gasteiger partial charge is 0.231 e. The molecule has 0 aromatic heterocycles. The fourth-order valence-electron chi connectivity index (χ4n) is 1.98. The zero-order valence-electron chi connectivity index (χ0n) is 9.82. The Balaban J connectivity index is 2.02. The maximum atomic E-state index is 13.0. The van der Waals surface area contributed by atoms with Gasteiger partial charge < -0.3 is 10.0 Å². The van der Waals surface area contributed by atoms with E-state index in [9.17, 15) is 14.3 Å². The standard InChI is InChI=1S/C13H16FNO2/c1-15(12(17)13(9-16)5-6-13)8-10-3-2-4-11(14)7-10/h2-4,7,16H,5-6,8-9H2,1H3. The van der Waals surface area contributed by atoms with Gasteiger partial charge in [0, 0.05) is 13.6 Å². The summed E-state index contributed by atoms with van der Waals surface area (Å²) in [5, 5.41) is 9.18. The zero-order valence-corrected chi connectivity index (χ0v) is 9.82. The number of rotatable bonds is 4. The van der Waals surface area contributed by atoms with Crippen LogP contribution in [0.25, 0.3) is 0 Å². The van der Waals surface area contributed by atoms with E-state index in [0.717, 1.165) is 18.4 Å². The van der Waals surface area contributed by atoms with Crippen LogP contribution in [0.2, 0.25) is 0 Å². The van der Waals surface area contributed by atoms with Crippen LogP contribution in [0.1, 0.15) is 18.4 Å². The van der Waals surface area contributed by atoms with Crippen LogP contribution in [0.4, 0.5) is 4.39 Å². The predicted octanol–water partition coefficient (Wildman–Crippen LogP) is 1.56. The largest absolute Gasteiger partial charge is 0.395 e. The Morgan fingerprint density at radius 3 is 2.76 bits per heavy atom. The van der Waals surface area contributed by atoms with Gasteiger partial charge in [-0.15, -0.1) is 0 Å². The molecule has 0 saturated heterocycles. The van der Waals surface area contributed by atoms with Crippen LogP contribution >= 0.6 is 0 Å². The molecule has 0 atom stereocenters. The van der Waals surface area contributed by atoms with Gasteiger partial charge in [-0.1, -0.05) is 12.1 Å². The summed E-state index contributed by atoms with van der Waals surface area (Å²) >= 11 is 0. The van der Waals surface area contributed by atoms with Crippen molar-refractivity contribution in [2.24, 2.45) is 5.41 Å². The molecule has 0 heterocycles. The molecule has 1 fully saturated rings. The number of amides is 1. The third-order valence-corrected chi connectivity index (χ3v) is 3.27. The van der Waals surface area contributed by atoms with Gasteiger partial charge in [0.2, 0.25) is 5.91 Å². The average Bonchev–Trinajstić information content (AvgIpc) is 3.09. The highest BCUT2D eigenvalue weighted by Crippen LogP contribution is 2.46. The van der Waals surface area contributed by atoms with Crippen LogP contribution in [0.15, 0.2) is 24.3 Å². The minimum absolute atomic E-state index is 0.0516. The summed E-state index contributed by atoms with van der Waals surface area (Å²) in [7, 11) is 1.68. The molecule has 0 unspecified atom stereocenters. The minimum atomic E-state index is -0.553. The topological polar surface area (TPSA) is 40.5 Å². The normalized spacial score (nSPS) is 16.6. The number of carbonyl (C=O) groups is 1. The summed E-state index contributed by atoms with van der Waals surface area (Å²) in [4.78, 5) is 13.6. The number of aliphatic hydroxyl groups is 1. The van der Waals surface area contributed by atoms with Crippen LogP contribution in [0, 0.1) is 11.2 Å². The van der Waals surface area contributed by atoms with Crippen molar-refractivity contribution in [3.63, 3.8) is 0 Å². The Labute approximate surface area is 99.9 Å². The van der Waals surface area contributed by atoms with E-state index in [1.807, 2.05) is 0 Å². The maximum absolute atomic E-state index is 13.0. The van der Waals surface area contributed by atoms with E-state index in [2.05, 4.69) is 0 Å². The van der Waals surface area contributed by atoms with Gasteiger partial charge >= 0.3 is 0 Å². The van der Waals surface area contributed by atoms with Gasteiger partial charge in [-0.2, -0.15) is 0 Å². The van der Waals surface area contributed by atoms with Gasteiger partial charge in [0.15, 0.2) is 0 Å². The van der Waals surface area contributed by atoms with Gasteiger partial charge in [-0.05, 0) is 30.5 Å². The summed E-state index contributed by atoms with van der Waals surface area (Å²) in [6.07, 6.45) is 1.49. The summed E-state index contributed by atoms with van der Waals surface area (Å²) < 4.78 is 13.0. The van der Waals surface area contributed by atoms with Gasteiger partial charge in [-0.25, -0.2) is 4.39 Å². The molecule has 3 nitrogen and oxygen atoms in total. The van der Waals surface area contributed by atoms with Gasteiger partial charge in [0.25, 0.3) is 0 Å². The van der Waals surface area contributed by atoms with E-state index in [4.69, 9.17) is 0 Å². The SMILES string of the molecule is CN(Cc1cccc(F)c1)C(=O)C1(CO)CC1. The highest BCUT2D eigenvalue weighted by molar-refractivity contribution is 5.85. The van der Waals surface area contributed by atoms with Gasteiger partial charge in [0.05, 0.1) is 12.0 Å². The van der Waals surface area contributed by atoms with E-state index in [-0.39, 0.29) is 18.3 Å². The molecule has 0 radical (unpaired) electrons. The summed E-state index contributed by atoms with van der Waals surface area (Å²) in [6.45, 7) is 0.275. The summed E-state index contributed by atoms with van der Waals surface area (Å²) in [5.74, 6) is -0.351. The second-order valence-corrected chi connectivity index (χ2v) is 4.73. The number of hydrogen-bond donors (Lipinski definition) is 1. The number of nitrogens with zero attached hydrogens (tertiary/aromatic N) is 1. The maximum Gasteiger partial charge on any atom is 0.231 e. The van der Waals surface area contributed by atoms with Crippen molar-refractivity contribution >= 4 is 5.91 Å². The van der Waals surface area contributed by atoms with Crippen molar-refractivity contribution < 1.29 is 14.3 Å². The van der Waals surface area contributed by atoms with Crippen molar-refractivity contribution in [2.75, 3.05) is 13.7 Å². The first kappa shape index (κ1) is 12.0. The molecule has 1 aliphatic carbocycles. The Bertz CT molecular complexity index is 429. The molecule has 92 valence electrons. The van der Waals surface area contributed by atoms with Crippen LogP contribution < -0.4 is 0 Å². The second kappa shape index (κ2) is 4.45. The van der Waals surface area contributed by atoms with Crippen LogP contribution in [0.3, 0.4) is 0 Å². The molecule has 2 rings (SSSR count). The Morgan fingerprint density at radius 2 is 2.24 bits per heavy atom. The molecule has 1 N–H and O–H groups in total. The molecule has 1 saturated carbocycles. The Kier molecular flexibility index (Phi) is 3.15. The molecule has 0 bridgehead atoms. The first-order valence-corrected chi connectivity index (χ1v) is 5.68. The average molecular weight is 237 g/mol. The first-order valence-electron chi connectivity index (χ1n) is 5.68. The fraction of sp³-hybridized carbons (Fsp3) is 0.462. The van der Waals surface area contributed by atoms with Crippen molar-refractivity contribution in [3.05, 3.63) is 35.6 Å². The predicted molar refractivity (Wildman–Crippen MR) is 61.6 cm³/mol. The molecular formula is C13H16FNO2. The second-order valence-electron chi connectivity index (χ2n) is 4.73. The third-order valence-electron chi connectivity index (χ3n) is 3.27. The lowest BCUT2D eigenvalue weighted by molar-refractivity contribution is -0.137. The lowest BCUT2D eigenvalue weighted by Gasteiger charge is -2.22. The van der Waals surface area contributed by atoms with Crippen LogP contribution in [0.5, 0.6) is 0 Å². The molecule has 1 aromatic carbocycles. The van der Waals surface area contributed by atoms with E-state index >= 15 is 0 Å². The van der Waals surface area contributed by atoms with Gasteiger partial charge in [-0.3, -0.25) is 4.79 Å². The van der Waals surface area contributed by atoms with Crippen molar-refractivity contribution in [3.8, 4) is 0 Å². The Hall–Kier alpha value is -1.42. The van der Waals surface area contributed by atoms with Crippen LogP contribution in [-0.2, 0) is 11.3 Å². The molecule has 0 aliphatic heterocycles. The summed E-state index contributed by atoms with van der Waals surface area (Å²) in [6, 6.07) is 6.21. The van der Waals surface area contributed by atoms with E-state index in [0.29, 0.717) is 6.54 Å². The highest BCUT2D eigenvalue weighted by Gasteiger charge is 2.50. The van der Waals surface area contributed by atoms with Gasteiger partial charge in [0.1, 0.15) is 5.82 Å². The van der Waals surface area contributed by atoms with E-state index < -0.39 is 5.41 Å². The van der Waals surface area contributed by atoms with Crippen molar-refractivity contribution in [2.45, 2.75) is 19.4 Å². The van der Waals surface area contributed by atoms with E-state index in [1.54, 1.807) is 24.1 Å². The first-order chi connectivity index (χ1) is 8.07. The monoisotopic (exact) mass is 237 g/mol. The molecule has 4 heteroatoms. The zero-order chi connectivity index (χ0) is 12.5. The molecule has 1 aromatic rings. The lowest BCUT2D eigenvalue weighted by Crippen LogP contribution is -2.35. The number of aliphatic hydroxyl groups excluding tert-OH is 1. The number of benzene rings is 1. The minimum Gasteiger partial charge on any atom is -0.395 e. The number of halogens is 1.